The zero-order valence-electron chi connectivity index (χ0n) is 11.1. The van der Waals surface area contributed by atoms with Crippen molar-refractivity contribution in [2.45, 2.75) is 53.0 Å². The van der Waals surface area contributed by atoms with Crippen LogP contribution in [0.25, 0.3) is 0 Å². The van der Waals surface area contributed by atoms with E-state index < -0.39 is 0 Å². The van der Waals surface area contributed by atoms with E-state index in [9.17, 15) is 0 Å². The summed E-state index contributed by atoms with van der Waals surface area (Å²) >= 11 is 0. The van der Waals surface area contributed by atoms with E-state index in [0.717, 1.165) is 6.54 Å². The standard InChI is InChI=1S/C13H28N2/c1-11(2)13(5,10-14)15-8-6-12(3,4)7-9-15/h11H,6-10,14H2,1-5H3. The van der Waals surface area contributed by atoms with Gasteiger partial charge in [0.25, 0.3) is 0 Å². The fraction of sp³-hybridized carbons (Fsp3) is 1.00. The summed E-state index contributed by atoms with van der Waals surface area (Å²) in [5.41, 5.74) is 6.69. The molecule has 2 nitrogen and oxygen atoms in total. The first kappa shape index (κ1) is 13.0. The molecule has 1 atom stereocenters. The lowest BCUT2D eigenvalue weighted by Gasteiger charge is -2.49. The normalized spacial score (nSPS) is 26.6. The van der Waals surface area contributed by atoms with Gasteiger partial charge in [-0.1, -0.05) is 27.7 Å². The highest BCUT2D eigenvalue weighted by atomic mass is 15.2. The predicted molar refractivity (Wildman–Crippen MR) is 66.9 cm³/mol. The Morgan fingerprint density at radius 1 is 1.27 bits per heavy atom. The van der Waals surface area contributed by atoms with E-state index in [-0.39, 0.29) is 5.54 Å². The molecule has 1 fully saturated rings. The van der Waals surface area contributed by atoms with Crippen LogP contribution in [0.3, 0.4) is 0 Å². The van der Waals surface area contributed by atoms with Crippen LogP contribution < -0.4 is 5.73 Å². The maximum atomic E-state index is 5.96. The zero-order chi connectivity index (χ0) is 11.7. The molecule has 1 heterocycles. The minimum atomic E-state index is 0.191. The molecule has 2 N–H and O–H groups in total. The van der Waals surface area contributed by atoms with Gasteiger partial charge >= 0.3 is 0 Å². The van der Waals surface area contributed by atoms with Crippen molar-refractivity contribution >= 4 is 0 Å². The molecule has 15 heavy (non-hydrogen) atoms. The third-order valence-electron chi connectivity index (χ3n) is 4.50. The lowest BCUT2D eigenvalue weighted by atomic mass is 9.78. The van der Waals surface area contributed by atoms with Gasteiger partial charge in [0.05, 0.1) is 0 Å². The molecular formula is C13H28N2. The zero-order valence-corrected chi connectivity index (χ0v) is 11.1. The molecule has 0 amide bonds. The molecule has 0 bridgehead atoms. The van der Waals surface area contributed by atoms with Crippen molar-refractivity contribution in [1.29, 1.82) is 0 Å². The molecule has 0 aromatic heterocycles. The average molecular weight is 212 g/mol. The second-order valence-electron chi connectivity index (χ2n) is 6.37. The van der Waals surface area contributed by atoms with E-state index >= 15 is 0 Å². The largest absolute Gasteiger partial charge is 0.329 e. The number of nitrogens with two attached hydrogens (primary N) is 1. The maximum Gasteiger partial charge on any atom is 0.0326 e. The molecule has 1 aliphatic heterocycles. The fourth-order valence-electron chi connectivity index (χ4n) is 2.35. The summed E-state index contributed by atoms with van der Waals surface area (Å²) in [6.07, 6.45) is 2.60. The Balaban J connectivity index is 2.65. The second-order valence-corrected chi connectivity index (χ2v) is 6.37. The van der Waals surface area contributed by atoms with Crippen LogP contribution in [0.15, 0.2) is 0 Å². The number of rotatable bonds is 3. The van der Waals surface area contributed by atoms with Crippen LogP contribution in [-0.2, 0) is 0 Å². The third kappa shape index (κ3) is 2.73. The molecule has 2 heteroatoms. The Morgan fingerprint density at radius 2 is 1.73 bits per heavy atom. The molecule has 0 saturated carbocycles. The van der Waals surface area contributed by atoms with E-state index in [2.05, 4.69) is 39.5 Å². The van der Waals surface area contributed by atoms with Gasteiger partial charge in [-0.05, 0) is 44.2 Å². The Bertz CT molecular complexity index is 201. The summed E-state index contributed by atoms with van der Waals surface area (Å²) < 4.78 is 0. The predicted octanol–water partition coefficient (Wildman–Crippen LogP) is 2.48. The number of hydrogen-bond acceptors (Lipinski definition) is 2. The summed E-state index contributed by atoms with van der Waals surface area (Å²) in [5, 5.41) is 0. The van der Waals surface area contributed by atoms with Crippen LogP contribution in [0, 0.1) is 11.3 Å². The Kier molecular flexibility index (Phi) is 3.83. The van der Waals surface area contributed by atoms with Crippen molar-refractivity contribution in [3.05, 3.63) is 0 Å². The van der Waals surface area contributed by atoms with Gasteiger partial charge in [0.2, 0.25) is 0 Å². The number of nitrogens with zero attached hydrogens (tertiary/aromatic N) is 1. The SMILES string of the molecule is CC(C)C(C)(CN)N1CCC(C)(C)CC1. The molecule has 1 saturated heterocycles. The van der Waals surface area contributed by atoms with Crippen LogP contribution >= 0.6 is 0 Å². The minimum Gasteiger partial charge on any atom is -0.329 e. The van der Waals surface area contributed by atoms with Crippen LogP contribution in [-0.4, -0.2) is 30.1 Å². The van der Waals surface area contributed by atoms with Crippen LogP contribution in [0.2, 0.25) is 0 Å². The molecule has 0 aliphatic carbocycles. The van der Waals surface area contributed by atoms with Gasteiger partial charge in [0, 0.05) is 12.1 Å². The highest BCUT2D eigenvalue weighted by Gasteiger charge is 2.37. The minimum absolute atomic E-state index is 0.191. The van der Waals surface area contributed by atoms with Crippen molar-refractivity contribution in [1.82, 2.24) is 4.90 Å². The van der Waals surface area contributed by atoms with E-state index in [1.807, 2.05) is 0 Å². The molecular weight excluding hydrogens is 184 g/mol. The van der Waals surface area contributed by atoms with E-state index in [1.165, 1.54) is 25.9 Å². The number of likely N-dealkylation sites (tertiary alicyclic amines) is 1. The maximum absolute atomic E-state index is 5.96. The summed E-state index contributed by atoms with van der Waals surface area (Å²) in [7, 11) is 0. The molecule has 90 valence electrons. The van der Waals surface area contributed by atoms with Crippen LogP contribution in [0.5, 0.6) is 0 Å². The summed E-state index contributed by atoms with van der Waals surface area (Å²) in [6.45, 7) is 14.8. The molecule has 0 aromatic carbocycles. The summed E-state index contributed by atoms with van der Waals surface area (Å²) in [5.74, 6) is 0.628. The van der Waals surface area contributed by atoms with Gasteiger partial charge in [-0.15, -0.1) is 0 Å². The fourth-order valence-corrected chi connectivity index (χ4v) is 2.35. The molecule has 1 aliphatic rings. The van der Waals surface area contributed by atoms with Crippen LogP contribution in [0.4, 0.5) is 0 Å². The van der Waals surface area contributed by atoms with Gasteiger partial charge in [-0.3, -0.25) is 4.90 Å². The second kappa shape index (κ2) is 4.42. The average Bonchev–Trinajstić information content (AvgIpc) is 2.16. The van der Waals surface area contributed by atoms with Gasteiger partial charge < -0.3 is 5.73 Å². The number of piperidine rings is 1. The van der Waals surface area contributed by atoms with Crippen molar-refractivity contribution in [2.75, 3.05) is 19.6 Å². The van der Waals surface area contributed by atoms with Gasteiger partial charge in [0.15, 0.2) is 0 Å². The molecule has 0 spiro atoms. The summed E-state index contributed by atoms with van der Waals surface area (Å²) in [6, 6.07) is 0. The van der Waals surface area contributed by atoms with Gasteiger partial charge in [0.1, 0.15) is 0 Å². The van der Waals surface area contributed by atoms with Crippen LogP contribution in [0.1, 0.15) is 47.5 Å². The lowest BCUT2D eigenvalue weighted by molar-refractivity contribution is 0.0156. The Hall–Kier alpha value is -0.0800. The van der Waals surface area contributed by atoms with Gasteiger partial charge in [-0.2, -0.15) is 0 Å². The highest BCUT2D eigenvalue weighted by Crippen LogP contribution is 2.34. The highest BCUT2D eigenvalue weighted by molar-refractivity contribution is 4.93. The third-order valence-corrected chi connectivity index (χ3v) is 4.50. The lowest BCUT2D eigenvalue weighted by Crippen LogP contribution is -2.58. The first-order chi connectivity index (χ1) is 6.82. The summed E-state index contributed by atoms with van der Waals surface area (Å²) in [4.78, 5) is 2.60. The first-order valence-electron chi connectivity index (χ1n) is 6.27. The number of hydrogen-bond donors (Lipinski definition) is 1. The topological polar surface area (TPSA) is 29.3 Å². The molecule has 1 rings (SSSR count). The molecule has 0 radical (unpaired) electrons. The molecule has 1 unspecified atom stereocenters. The van der Waals surface area contributed by atoms with E-state index in [0.29, 0.717) is 11.3 Å². The molecule has 0 aromatic rings. The first-order valence-corrected chi connectivity index (χ1v) is 6.27. The van der Waals surface area contributed by atoms with E-state index in [4.69, 9.17) is 5.73 Å². The monoisotopic (exact) mass is 212 g/mol. The van der Waals surface area contributed by atoms with Crippen molar-refractivity contribution < 1.29 is 0 Å². The van der Waals surface area contributed by atoms with Gasteiger partial charge in [-0.25, -0.2) is 0 Å². The Morgan fingerprint density at radius 3 is 2.07 bits per heavy atom. The van der Waals surface area contributed by atoms with Crippen molar-refractivity contribution in [3.8, 4) is 0 Å². The smallest absolute Gasteiger partial charge is 0.0326 e. The Labute approximate surface area is 95.2 Å². The van der Waals surface area contributed by atoms with Crippen molar-refractivity contribution in [3.63, 3.8) is 0 Å². The quantitative estimate of drug-likeness (QED) is 0.779. The van der Waals surface area contributed by atoms with Crippen molar-refractivity contribution in [2.24, 2.45) is 17.1 Å². The van der Waals surface area contributed by atoms with E-state index in [1.54, 1.807) is 0 Å².